The zero-order valence-electron chi connectivity index (χ0n) is 10.5. The number of hydrogen-bond acceptors (Lipinski definition) is 6. The average molecular weight is 249 g/mol. The Kier molecular flexibility index (Phi) is 3.17. The van der Waals surface area contributed by atoms with Gasteiger partial charge < -0.3 is 15.4 Å². The van der Waals surface area contributed by atoms with Crippen LogP contribution in [0.1, 0.15) is 38.5 Å². The normalized spacial score (nSPS) is 20.6. The smallest absolute Gasteiger partial charge is 0.323 e. The first-order valence-corrected chi connectivity index (χ1v) is 6.74. The van der Waals surface area contributed by atoms with Gasteiger partial charge in [-0.25, -0.2) is 0 Å². The van der Waals surface area contributed by atoms with E-state index in [1.807, 2.05) is 0 Å². The van der Waals surface area contributed by atoms with Gasteiger partial charge in [-0.15, -0.1) is 0 Å². The number of rotatable bonds is 3. The number of aromatic nitrogens is 3. The molecule has 1 aliphatic heterocycles. The highest BCUT2D eigenvalue weighted by atomic mass is 16.5. The third-order valence-corrected chi connectivity index (χ3v) is 3.58. The molecular formula is C12H19N5O. The number of nitrogens with zero attached hydrogens (tertiary/aromatic N) is 4. The average Bonchev–Trinajstić information content (AvgIpc) is 3.00. The molecule has 3 rings (SSSR count). The van der Waals surface area contributed by atoms with Crippen molar-refractivity contribution in [3.63, 3.8) is 0 Å². The topological polar surface area (TPSA) is 77.2 Å². The largest absolute Gasteiger partial charge is 0.460 e. The molecule has 0 bridgehead atoms. The highest BCUT2D eigenvalue weighted by Crippen LogP contribution is 2.24. The Bertz CT molecular complexity index is 413. The zero-order valence-corrected chi connectivity index (χ0v) is 10.5. The molecule has 0 atom stereocenters. The summed E-state index contributed by atoms with van der Waals surface area (Å²) in [5, 5.41) is 0. The number of nitrogen functional groups attached to an aromatic ring is 1. The SMILES string of the molecule is Nc1nc(OC2CCCC2)nc(N2CCCC2)n1. The van der Waals surface area contributed by atoms with Gasteiger partial charge >= 0.3 is 6.01 Å². The number of nitrogens with two attached hydrogens (primary N) is 1. The molecule has 2 aliphatic rings. The lowest BCUT2D eigenvalue weighted by Gasteiger charge is -2.17. The van der Waals surface area contributed by atoms with E-state index in [1.54, 1.807) is 0 Å². The van der Waals surface area contributed by atoms with Crippen LogP contribution in [0, 0.1) is 0 Å². The summed E-state index contributed by atoms with van der Waals surface area (Å²) in [6.45, 7) is 1.98. The van der Waals surface area contributed by atoms with Crippen LogP contribution in [-0.2, 0) is 0 Å². The van der Waals surface area contributed by atoms with Crippen molar-refractivity contribution in [1.82, 2.24) is 15.0 Å². The molecule has 2 heterocycles. The van der Waals surface area contributed by atoms with E-state index in [0.29, 0.717) is 12.0 Å². The minimum Gasteiger partial charge on any atom is -0.460 e. The van der Waals surface area contributed by atoms with Crippen LogP contribution in [0.15, 0.2) is 0 Å². The van der Waals surface area contributed by atoms with Crippen LogP contribution in [0.3, 0.4) is 0 Å². The van der Waals surface area contributed by atoms with E-state index in [0.717, 1.165) is 25.9 Å². The predicted octanol–water partition coefficient (Wildman–Crippen LogP) is 1.38. The van der Waals surface area contributed by atoms with Crippen LogP contribution < -0.4 is 15.4 Å². The summed E-state index contributed by atoms with van der Waals surface area (Å²) in [6, 6.07) is 0.385. The van der Waals surface area contributed by atoms with Crippen molar-refractivity contribution in [1.29, 1.82) is 0 Å². The first kappa shape index (κ1) is 11.5. The Balaban J connectivity index is 1.76. The van der Waals surface area contributed by atoms with Crippen LogP contribution in [0.5, 0.6) is 6.01 Å². The van der Waals surface area contributed by atoms with Crippen molar-refractivity contribution in [2.45, 2.75) is 44.6 Å². The minimum atomic E-state index is 0.248. The summed E-state index contributed by atoms with van der Waals surface area (Å²) < 4.78 is 5.79. The van der Waals surface area contributed by atoms with Crippen LogP contribution in [0.4, 0.5) is 11.9 Å². The van der Waals surface area contributed by atoms with E-state index in [2.05, 4.69) is 19.9 Å². The summed E-state index contributed by atoms with van der Waals surface area (Å²) in [7, 11) is 0. The molecule has 18 heavy (non-hydrogen) atoms. The van der Waals surface area contributed by atoms with E-state index in [1.165, 1.54) is 25.7 Å². The highest BCUT2D eigenvalue weighted by Gasteiger charge is 2.21. The molecule has 1 aromatic rings. The van der Waals surface area contributed by atoms with Crippen molar-refractivity contribution < 1.29 is 4.74 Å². The Morgan fingerprint density at radius 3 is 2.44 bits per heavy atom. The maximum Gasteiger partial charge on any atom is 0.323 e. The van der Waals surface area contributed by atoms with Gasteiger partial charge in [-0.05, 0) is 38.5 Å². The summed E-state index contributed by atoms with van der Waals surface area (Å²) in [5.74, 6) is 0.910. The first-order valence-electron chi connectivity index (χ1n) is 6.74. The van der Waals surface area contributed by atoms with Crippen molar-refractivity contribution in [3.05, 3.63) is 0 Å². The maximum atomic E-state index is 5.79. The molecule has 0 unspecified atom stereocenters. The molecule has 1 saturated heterocycles. The molecule has 98 valence electrons. The second-order valence-corrected chi connectivity index (χ2v) is 4.99. The highest BCUT2D eigenvalue weighted by molar-refractivity contribution is 5.36. The third-order valence-electron chi connectivity index (χ3n) is 3.58. The molecule has 1 aliphatic carbocycles. The van der Waals surface area contributed by atoms with Crippen LogP contribution >= 0.6 is 0 Å². The molecule has 6 heteroatoms. The second kappa shape index (κ2) is 4.96. The summed E-state index contributed by atoms with van der Waals surface area (Å²) in [6.07, 6.45) is 7.25. The summed E-state index contributed by atoms with van der Waals surface area (Å²) >= 11 is 0. The Hall–Kier alpha value is -1.59. The summed E-state index contributed by atoms with van der Waals surface area (Å²) in [5.41, 5.74) is 5.73. The second-order valence-electron chi connectivity index (χ2n) is 4.99. The fourth-order valence-corrected chi connectivity index (χ4v) is 2.63. The fraction of sp³-hybridized carbons (Fsp3) is 0.750. The lowest BCUT2D eigenvalue weighted by molar-refractivity contribution is 0.192. The third kappa shape index (κ3) is 2.47. The fourth-order valence-electron chi connectivity index (χ4n) is 2.63. The maximum absolute atomic E-state index is 5.79. The van der Waals surface area contributed by atoms with Crippen LogP contribution in [-0.4, -0.2) is 34.1 Å². The molecule has 0 radical (unpaired) electrons. The lowest BCUT2D eigenvalue weighted by Crippen LogP contribution is -2.22. The molecule has 0 amide bonds. The number of hydrogen-bond donors (Lipinski definition) is 1. The molecule has 2 fully saturated rings. The molecular weight excluding hydrogens is 230 g/mol. The van der Waals surface area contributed by atoms with E-state index in [-0.39, 0.29) is 12.1 Å². The zero-order chi connectivity index (χ0) is 12.4. The Labute approximate surface area is 107 Å². The standard InChI is InChI=1S/C12H19N5O/c13-10-14-11(17-7-3-4-8-17)16-12(15-10)18-9-5-1-2-6-9/h9H,1-8H2,(H2,13,14,15,16). The van der Waals surface area contributed by atoms with E-state index in [9.17, 15) is 0 Å². The van der Waals surface area contributed by atoms with E-state index >= 15 is 0 Å². The Morgan fingerprint density at radius 2 is 1.72 bits per heavy atom. The molecule has 0 aromatic carbocycles. The molecule has 2 N–H and O–H groups in total. The van der Waals surface area contributed by atoms with Crippen LogP contribution in [0.2, 0.25) is 0 Å². The van der Waals surface area contributed by atoms with Crippen molar-refractivity contribution in [3.8, 4) is 6.01 Å². The van der Waals surface area contributed by atoms with E-state index < -0.39 is 0 Å². The lowest BCUT2D eigenvalue weighted by atomic mass is 10.3. The quantitative estimate of drug-likeness (QED) is 0.872. The van der Waals surface area contributed by atoms with Crippen molar-refractivity contribution in [2.24, 2.45) is 0 Å². The Morgan fingerprint density at radius 1 is 1.00 bits per heavy atom. The number of ether oxygens (including phenoxy) is 1. The van der Waals surface area contributed by atoms with Gasteiger partial charge in [-0.1, -0.05) is 0 Å². The molecule has 1 aromatic heterocycles. The van der Waals surface area contributed by atoms with E-state index in [4.69, 9.17) is 10.5 Å². The van der Waals surface area contributed by atoms with Crippen LogP contribution in [0.25, 0.3) is 0 Å². The predicted molar refractivity (Wildman–Crippen MR) is 68.6 cm³/mol. The first-order chi connectivity index (χ1) is 8.81. The van der Waals surface area contributed by atoms with Crippen molar-refractivity contribution in [2.75, 3.05) is 23.7 Å². The molecule has 6 nitrogen and oxygen atoms in total. The molecule has 1 saturated carbocycles. The van der Waals surface area contributed by atoms with Gasteiger partial charge in [0, 0.05) is 13.1 Å². The monoisotopic (exact) mass is 249 g/mol. The van der Waals surface area contributed by atoms with Gasteiger partial charge in [-0.3, -0.25) is 0 Å². The molecule has 0 spiro atoms. The number of anilines is 2. The minimum absolute atomic E-state index is 0.248. The van der Waals surface area contributed by atoms with Gasteiger partial charge in [-0.2, -0.15) is 15.0 Å². The van der Waals surface area contributed by atoms with Gasteiger partial charge in [0.25, 0.3) is 0 Å². The van der Waals surface area contributed by atoms with Gasteiger partial charge in [0.2, 0.25) is 11.9 Å². The van der Waals surface area contributed by atoms with Gasteiger partial charge in [0.15, 0.2) is 0 Å². The summed E-state index contributed by atoms with van der Waals surface area (Å²) in [4.78, 5) is 14.8. The van der Waals surface area contributed by atoms with Gasteiger partial charge in [0.05, 0.1) is 0 Å². The van der Waals surface area contributed by atoms with Crippen molar-refractivity contribution >= 4 is 11.9 Å². The van der Waals surface area contributed by atoms with Gasteiger partial charge in [0.1, 0.15) is 6.10 Å².